The summed E-state index contributed by atoms with van der Waals surface area (Å²) in [5, 5.41) is 12.5. The molecule has 1 aliphatic heterocycles. The summed E-state index contributed by atoms with van der Waals surface area (Å²) in [5.74, 6) is 0.0619. The molecule has 0 fully saturated rings. The zero-order chi connectivity index (χ0) is 37.4. The Morgan fingerprint density at radius 3 is 2.11 bits per heavy atom. The van der Waals surface area contributed by atoms with Crippen LogP contribution in [0.3, 0.4) is 0 Å². The van der Waals surface area contributed by atoms with Crippen LogP contribution in [0.25, 0.3) is 0 Å². The van der Waals surface area contributed by atoms with Crippen molar-refractivity contribution < 1.29 is 19.1 Å². The first kappa shape index (κ1) is 39.6. The van der Waals surface area contributed by atoms with Crippen molar-refractivity contribution in [2.75, 3.05) is 20.2 Å². The van der Waals surface area contributed by atoms with Crippen LogP contribution in [0.15, 0.2) is 95.6 Å². The van der Waals surface area contributed by atoms with Gasteiger partial charge in [-0.25, -0.2) is 14.6 Å². The van der Waals surface area contributed by atoms with Gasteiger partial charge in [-0.3, -0.25) is 9.79 Å². The summed E-state index contributed by atoms with van der Waals surface area (Å²) in [6, 6.07) is 22.3. The Kier molecular flexibility index (Phi) is 15.4. The fourth-order valence-corrected chi connectivity index (χ4v) is 7.54. The van der Waals surface area contributed by atoms with E-state index in [1.807, 2.05) is 95.1 Å². The molecule has 0 spiro atoms. The number of rotatable bonds is 19. The minimum Gasteiger partial charge on any atom is -0.448 e. The zero-order valence-corrected chi connectivity index (χ0v) is 32.4. The Morgan fingerprint density at radius 2 is 1.53 bits per heavy atom. The number of ether oxygens (including phenoxy) is 1. The topological polar surface area (TPSA) is 130 Å². The standard InChI is InChI=1S/C40H51N7O4S2/c1-29(2)38-43-34(27-52-38)25-46(3)39(49)45-36(18-21-47-19-10-11-20-47)37(48)42-32(22-30-12-6-4-7-13-30)16-17-33(23-31-14-8-5-9-15-31)44-40(50)51-26-35-24-41-28-53-35/h4-15,19-20,27-29,32-33,35-36H,16-18,21-26H2,1-3H3,(H,42,48)(H,44,50)(H,45,49). The van der Waals surface area contributed by atoms with Gasteiger partial charge in [0.1, 0.15) is 12.6 Å². The third-order valence-electron chi connectivity index (χ3n) is 8.98. The highest BCUT2D eigenvalue weighted by Gasteiger charge is 2.26. The first-order valence-corrected chi connectivity index (χ1v) is 20.1. The number of aliphatic imine (C=N–C) groups is 1. The molecule has 4 amide bonds. The van der Waals surface area contributed by atoms with Crippen molar-refractivity contribution in [1.29, 1.82) is 0 Å². The van der Waals surface area contributed by atoms with E-state index in [1.54, 1.807) is 40.6 Å². The van der Waals surface area contributed by atoms with Gasteiger partial charge in [0.25, 0.3) is 0 Å². The number of benzene rings is 2. The predicted molar refractivity (Wildman–Crippen MR) is 214 cm³/mol. The third kappa shape index (κ3) is 13.4. The molecule has 11 nitrogen and oxygen atoms in total. The molecule has 1 aliphatic rings. The maximum atomic E-state index is 14.2. The number of alkyl carbamates (subject to hydrolysis) is 1. The lowest BCUT2D eigenvalue weighted by Crippen LogP contribution is -2.53. The fraction of sp³-hybridized carbons (Fsp3) is 0.425. The van der Waals surface area contributed by atoms with Crippen LogP contribution in [0.5, 0.6) is 0 Å². The van der Waals surface area contributed by atoms with Crippen LogP contribution in [0.4, 0.5) is 9.59 Å². The van der Waals surface area contributed by atoms with E-state index in [-0.39, 0.29) is 35.9 Å². The Morgan fingerprint density at radius 1 is 0.887 bits per heavy atom. The molecule has 4 atom stereocenters. The van der Waals surface area contributed by atoms with Crippen molar-refractivity contribution in [3.8, 4) is 0 Å². The van der Waals surface area contributed by atoms with E-state index in [4.69, 9.17) is 4.74 Å². The lowest BCUT2D eigenvalue weighted by molar-refractivity contribution is -0.124. The van der Waals surface area contributed by atoms with Gasteiger partial charge >= 0.3 is 12.1 Å². The molecule has 0 aliphatic carbocycles. The maximum absolute atomic E-state index is 14.2. The molecule has 0 saturated carbocycles. The largest absolute Gasteiger partial charge is 0.448 e. The van der Waals surface area contributed by atoms with Crippen LogP contribution >= 0.6 is 23.1 Å². The highest BCUT2D eigenvalue weighted by Crippen LogP contribution is 2.20. The molecule has 3 heterocycles. The number of hydrogen-bond donors (Lipinski definition) is 3. The van der Waals surface area contributed by atoms with E-state index >= 15 is 0 Å². The number of carbonyl (C=O) groups excluding carboxylic acids is 3. The zero-order valence-electron chi connectivity index (χ0n) is 30.7. The summed E-state index contributed by atoms with van der Waals surface area (Å²) in [5.41, 5.74) is 4.79. The molecule has 4 unspecified atom stereocenters. The number of nitrogens with one attached hydrogen (secondary N) is 3. The quantitative estimate of drug-likeness (QED) is 0.0982. The monoisotopic (exact) mass is 757 g/mol. The molecule has 2 aromatic carbocycles. The summed E-state index contributed by atoms with van der Waals surface area (Å²) in [6.07, 6.45) is 6.22. The van der Waals surface area contributed by atoms with E-state index in [0.29, 0.717) is 57.7 Å². The van der Waals surface area contributed by atoms with Crippen molar-refractivity contribution in [3.63, 3.8) is 0 Å². The molecule has 0 saturated heterocycles. The highest BCUT2D eigenvalue weighted by atomic mass is 32.2. The van der Waals surface area contributed by atoms with E-state index in [0.717, 1.165) is 21.8 Å². The lowest BCUT2D eigenvalue weighted by Gasteiger charge is -2.27. The predicted octanol–water partition coefficient (Wildman–Crippen LogP) is 6.66. The number of aryl methyl sites for hydroxylation is 1. The first-order chi connectivity index (χ1) is 25.7. The summed E-state index contributed by atoms with van der Waals surface area (Å²) in [4.78, 5) is 51.1. The van der Waals surface area contributed by atoms with Gasteiger partial charge in [0.05, 0.1) is 34.6 Å². The van der Waals surface area contributed by atoms with Gasteiger partial charge in [0.15, 0.2) is 0 Å². The van der Waals surface area contributed by atoms with Crippen LogP contribution in [-0.2, 0) is 35.5 Å². The third-order valence-corrected chi connectivity index (χ3v) is 11.1. The number of hydrogen-bond acceptors (Lipinski definition) is 8. The number of nitrogens with zero attached hydrogens (tertiary/aromatic N) is 4. The number of urea groups is 1. The summed E-state index contributed by atoms with van der Waals surface area (Å²) in [6.45, 7) is 6.01. The molecular weight excluding hydrogens is 707 g/mol. The van der Waals surface area contributed by atoms with Crippen molar-refractivity contribution in [2.24, 2.45) is 4.99 Å². The molecule has 5 rings (SSSR count). The maximum Gasteiger partial charge on any atom is 0.407 e. The fourth-order valence-electron chi connectivity index (χ4n) is 6.05. The average Bonchev–Trinajstić information content (AvgIpc) is 3.96. The van der Waals surface area contributed by atoms with Gasteiger partial charge in [-0.05, 0) is 55.4 Å². The van der Waals surface area contributed by atoms with Gasteiger partial charge in [0, 0.05) is 49.4 Å². The van der Waals surface area contributed by atoms with Crippen LogP contribution in [0.1, 0.15) is 60.9 Å². The second-order valence-electron chi connectivity index (χ2n) is 13.7. The Hall–Kier alpha value is -4.62. The Labute approximate surface area is 321 Å². The number of amides is 4. The average molecular weight is 758 g/mol. The summed E-state index contributed by atoms with van der Waals surface area (Å²) in [7, 11) is 1.72. The summed E-state index contributed by atoms with van der Waals surface area (Å²) >= 11 is 3.16. The minimum atomic E-state index is -0.780. The molecule has 2 aromatic heterocycles. The Balaban J connectivity index is 1.27. The molecule has 0 radical (unpaired) electrons. The molecule has 4 aromatic rings. The van der Waals surface area contributed by atoms with Crippen LogP contribution in [-0.4, -0.2) is 81.6 Å². The molecule has 13 heteroatoms. The van der Waals surface area contributed by atoms with E-state index < -0.39 is 12.1 Å². The van der Waals surface area contributed by atoms with Gasteiger partial charge in [0.2, 0.25) is 5.91 Å². The second-order valence-corrected chi connectivity index (χ2v) is 15.8. The van der Waals surface area contributed by atoms with Crippen molar-refractivity contribution >= 4 is 46.7 Å². The molecule has 282 valence electrons. The number of thiazole rings is 1. The Bertz CT molecular complexity index is 1730. The minimum absolute atomic E-state index is 0.134. The van der Waals surface area contributed by atoms with Crippen LogP contribution < -0.4 is 16.0 Å². The number of aromatic nitrogens is 2. The van der Waals surface area contributed by atoms with Crippen molar-refractivity contribution in [3.05, 3.63) is 112 Å². The smallest absolute Gasteiger partial charge is 0.407 e. The van der Waals surface area contributed by atoms with Gasteiger partial charge in [-0.2, -0.15) is 0 Å². The van der Waals surface area contributed by atoms with E-state index in [1.165, 1.54) is 0 Å². The van der Waals surface area contributed by atoms with E-state index in [9.17, 15) is 14.4 Å². The lowest BCUT2D eigenvalue weighted by atomic mass is 9.95. The van der Waals surface area contributed by atoms with Crippen LogP contribution in [0, 0.1) is 0 Å². The SMILES string of the molecule is CC(C)c1nc(CN(C)C(=O)NC(CCn2cccc2)C(=O)NC(CCC(Cc2ccccc2)NC(=O)OCC2CN=CS2)Cc2ccccc2)cs1. The van der Waals surface area contributed by atoms with Gasteiger partial charge in [-0.1, -0.05) is 74.5 Å². The van der Waals surface area contributed by atoms with Crippen LogP contribution in [0.2, 0.25) is 0 Å². The van der Waals surface area contributed by atoms with E-state index in [2.05, 4.69) is 39.8 Å². The normalized spacial score (nSPS) is 15.4. The molecule has 0 bridgehead atoms. The molecule has 53 heavy (non-hydrogen) atoms. The van der Waals surface area contributed by atoms with Crippen molar-refractivity contribution in [1.82, 2.24) is 30.4 Å². The second kappa shape index (κ2) is 20.6. The molecule has 3 N–H and O–H groups in total. The molecular formula is C40H51N7O4S2. The number of carbonyl (C=O) groups is 3. The first-order valence-electron chi connectivity index (χ1n) is 18.2. The van der Waals surface area contributed by atoms with Gasteiger partial charge < -0.3 is 30.2 Å². The number of thioether (sulfide) groups is 1. The van der Waals surface area contributed by atoms with Crippen molar-refractivity contribution in [2.45, 2.75) is 88.3 Å². The van der Waals surface area contributed by atoms with Gasteiger partial charge in [-0.15, -0.1) is 23.1 Å². The highest BCUT2D eigenvalue weighted by molar-refractivity contribution is 8.12. The summed E-state index contributed by atoms with van der Waals surface area (Å²) < 4.78 is 7.58.